The smallest absolute Gasteiger partial charge is 0.408 e. The highest BCUT2D eigenvalue weighted by Crippen LogP contribution is 2.47. The Bertz CT molecular complexity index is 1590. The number of anilines is 2. The van der Waals surface area contributed by atoms with Crippen molar-refractivity contribution >= 4 is 41.2 Å². The van der Waals surface area contributed by atoms with Crippen LogP contribution in [0.3, 0.4) is 0 Å². The third kappa shape index (κ3) is 11.1. The van der Waals surface area contributed by atoms with Crippen molar-refractivity contribution in [1.29, 1.82) is 0 Å². The topological polar surface area (TPSA) is 143 Å². The molecular weight excluding hydrogens is 643 g/mol. The van der Waals surface area contributed by atoms with E-state index >= 15 is 0 Å². The van der Waals surface area contributed by atoms with E-state index in [0.29, 0.717) is 19.4 Å². The molecule has 1 aromatic heterocycles. The fourth-order valence-corrected chi connectivity index (χ4v) is 6.60. The highest BCUT2D eigenvalue weighted by atomic mass is 32.2. The molecule has 5 rings (SSSR count). The normalized spacial score (nSPS) is 18.3. The van der Waals surface area contributed by atoms with Crippen molar-refractivity contribution in [3.05, 3.63) is 66.5 Å². The van der Waals surface area contributed by atoms with Gasteiger partial charge in [-0.15, -0.1) is 0 Å². The minimum absolute atomic E-state index is 0.0264. The van der Waals surface area contributed by atoms with Crippen LogP contribution in [0, 0.1) is 5.92 Å². The van der Waals surface area contributed by atoms with Crippen LogP contribution in [0.2, 0.25) is 0 Å². The molecule has 1 saturated heterocycles. The van der Waals surface area contributed by atoms with Crippen LogP contribution in [0.4, 0.5) is 16.3 Å². The molecule has 3 N–H and O–H groups in total. The van der Waals surface area contributed by atoms with Crippen molar-refractivity contribution in [3.8, 4) is 5.75 Å². The molecule has 1 aliphatic carbocycles. The van der Waals surface area contributed by atoms with Gasteiger partial charge in [0, 0.05) is 35.6 Å². The highest BCUT2D eigenvalue weighted by molar-refractivity contribution is 7.99. The van der Waals surface area contributed by atoms with Gasteiger partial charge in [0.25, 0.3) is 0 Å². The Morgan fingerprint density at radius 3 is 2.43 bits per heavy atom. The van der Waals surface area contributed by atoms with Crippen molar-refractivity contribution in [2.45, 2.75) is 99.6 Å². The number of carboxylic acid groups (broad SMARTS) is 1. The molecule has 1 aliphatic heterocycles. The largest absolute Gasteiger partial charge is 0.494 e. The van der Waals surface area contributed by atoms with Crippen molar-refractivity contribution in [1.82, 2.24) is 15.3 Å². The van der Waals surface area contributed by atoms with Crippen molar-refractivity contribution in [3.63, 3.8) is 0 Å². The number of unbranched alkanes of at least 4 members (excludes halogenated alkanes) is 2. The predicted octanol–water partition coefficient (Wildman–Crippen LogP) is 7.28. The lowest BCUT2D eigenvalue weighted by Crippen LogP contribution is -2.54. The van der Waals surface area contributed by atoms with Crippen LogP contribution in [0.1, 0.15) is 84.1 Å². The van der Waals surface area contributed by atoms with E-state index in [4.69, 9.17) is 14.6 Å². The van der Waals surface area contributed by atoms with Crippen LogP contribution in [-0.4, -0.2) is 63.9 Å². The lowest BCUT2D eigenvalue weighted by molar-refractivity contribution is -0.138. The monoisotopic (exact) mass is 689 g/mol. The number of amides is 2. The second-order valence-electron chi connectivity index (χ2n) is 14.1. The van der Waals surface area contributed by atoms with E-state index in [-0.39, 0.29) is 29.4 Å². The first-order valence-corrected chi connectivity index (χ1v) is 17.8. The quantitative estimate of drug-likeness (QED) is 0.148. The minimum Gasteiger partial charge on any atom is -0.494 e. The van der Waals surface area contributed by atoms with Gasteiger partial charge in [-0.1, -0.05) is 30.0 Å². The Balaban J connectivity index is 0.981. The molecule has 3 aromatic rings. The number of piperidine rings is 1. The van der Waals surface area contributed by atoms with Gasteiger partial charge in [-0.3, -0.25) is 9.59 Å². The molecule has 0 bridgehead atoms. The van der Waals surface area contributed by atoms with Gasteiger partial charge >= 0.3 is 12.1 Å². The Morgan fingerprint density at radius 1 is 1.02 bits per heavy atom. The molecule has 0 spiro atoms. The van der Waals surface area contributed by atoms with Crippen LogP contribution in [0.5, 0.6) is 5.75 Å². The molecule has 2 unspecified atom stereocenters. The Hall–Kier alpha value is -4.32. The van der Waals surface area contributed by atoms with Gasteiger partial charge in [-0.25, -0.2) is 14.8 Å². The Kier molecular flexibility index (Phi) is 11.7. The zero-order valence-corrected chi connectivity index (χ0v) is 29.6. The third-order valence-corrected chi connectivity index (χ3v) is 9.59. The number of nitrogens with one attached hydrogen (secondary N) is 2. The second-order valence-corrected chi connectivity index (χ2v) is 15.2. The molecular formula is C37H47N5O6S. The average molecular weight is 690 g/mol. The van der Waals surface area contributed by atoms with Gasteiger partial charge in [0.15, 0.2) is 0 Å². The fourth-order valence-electron chi connectivity index (χ4n) is 5.81. The van der Waals surface area contributed by atoms with E-state index in [1.165, 1.54) is 11.8 Å². The molecule has 262 valence electrons. The number of nitrogens with zero attached hydrogens (tertiary/aromatic N) is 3. The lowest BCUT2D eigenvalue weighted by atomic mass is 9.90. The first kappa shape index (κ1) is 36.0. The number of hydrogen-bond donors (Lipinski definition) is 3. The molecule has 0 radical (unpaired) electrons. The van der Waals surface area contributed by atoms with Crippen LogP contribution in [-0.2, 0) is 14.3 Å². The third-order valence-electron chi connectivity index (χ3n) is 8.68. The standard InChI is InChI=1S/C37H47N5O6S/c1-36(2,3)48-35(46)41-37(4)16-18-42(19-17-37)31-23-39-33(24-38-31)49-28-10-8-9-26(21-28)40-32(43)11-6-5-7-20-47-27-14-12-25(13-15-27)29-22-30(29)34(44)45/h8-10,12-15,21,23-24,29-30H,5-7,11,16-20,22H2,1-4H3,(H,40,43)(H,41,46)(H,44,45). The van der Waals surface area contributed by atoms with E-state index in [1.807, 2.05) is 76.2 Å². The molecule has 2 atom stereocenters. The van der Waals surface area contributed by atoms with Crippen molar-refractivity contribution in [2.24, 2.45) is 5.92 Å². The van der Waals surface area contributed by atoms with E-state index in [1.54, 1.807) is 12.4 Å². The number of carboxylic acids is 1. The Morgan fingerprint density at radius 2 is 1.78 bits per heavy atom. The van der Waals surface area contributed by atoms with Gasteiger partial charge in [0.1, 0.15) is 22.2 Å². The van der Waals surface area contributed by atoms with E-state index in [9.17, 15) is 14.4 Å². The van der Waals surface area contributed by atoms with Gasteiger partial charge in [-0.2, -0.15) is 0 Å². The number of aromatic nitrogens is 2. The van der Waals surface area contributed by atoms with Crippen LogP contribution >= 0.6 is 11.8 Å². The molecule has 2 heterocycles. The van der Waals surface area contributed by atoms with Crippen LogP contribution in [0.25, 0.3) is 0 Å². The zero-order chi connectivity index (χ0) is 35.0. The lowest BCUT2D eigenvalue weighted by Gasteiger charge is -2.40. The number of benzene rings is 2. The molecule has 49 heavy (non-hydrogen) atoms. The summed E-state index contributed by atoms with van der Waals surface area (Å²) in [4.78, 5) is 48.4. The number of ether oxygens (including phenoxy) is 2. The summed E-state index contributed by atoms with van der Waals surface area (Å²) < 4.78 is 11.3. The first-order valence-electron chi connectivity index (χ1n) is 17.0. The average Bonchev–Trinajstić information content (AvgIpc) is 3.85. The van der Waals surface area contributed by atoms with Gasteiger partial charge in [0.2, 0.25) is 5.91 Å². The zero-order valence-electron chi connectivity index (χ0n) is 28.7. The molecule has 2 fully saturated rings. The molecule has 2 amide bonds. The summed E-state index contributed by atoms with van der Waals surface area (Å²) in [5.74, 6) is 0.686. The summed E-state index contributed by atoms with van der Waals surface area (Å²) in [6.07, 6.45) is 8.31. The van der Waals surface area contributed by atoms with Crippen molar-refractivity contribution < 1.29 is 29.0 Å². The van der Waals surface area contributed by atoms with Gasteiger partial charge < -0.3 is 30.1 Å². The predicted molar refractivity (Wildman–Crippen MR) is 189 cm³/mol. The maximum atomic E-state index is 12.6. The summed E-state index contributed by atoms with van der Waals surface area (Å²) in [7, 11) is 0. The summed E-state index contributed by atoms with van der Waals surface area (Å²) in [5, 5.41) is 15.9. The van der Waals surface area contributed by atoms with E-state index in [2.05, 4.69) is 25.5 Å². The molecule has 11 nitrogen and oxygen atoms in total. The van der Waals surface area contributed by atoms with E-state index < -0.39 is 11.6 Å². The Labute approximate surface area is 292 Å². The number of carbonyl (C=O) groups is 3. The summed E-state index contributed by atoms with van der Waals surface area (Å²) in [6, 6.07) is 15.4. The maximum Gasteiger partial charge on any atom is 0.408 e. The number of rotatable bonds is 14. The number of alkyl carbamates (subject to hydrolysis) is 1. The summed E-state index contributed by atoms with van der Waals surface area (Å²) in [5.41, 5.74) is 0.921. The highest BCUT2D eigenvalue weighted by Gasteiger charge is 2.44. The van der Waals surface area contributed by atoms with Gasteiger partial charge in [-0.05, 0) is 108 Å². The summed E-state index contributed by atoms with van der Waals surface area (Å²) >= 11 is 1.48. The first-order chi connectivity index (χ1) is 23.4. The van der Waals surface area contributed by atoms with Crippen LogP contribution in [0.15, 0.2) is 70.8 Å². The molecule has 2 aliphatic rings. The number of hydrogen-bond acceptors (Lipinski definition) is 9. The molecule has 1 saturated carbocycles. The summed E-state index contributed by atoms with van der Waals surface area (Å²) in [6.45, 7) is 9.68. The minimum atomic E-state index is -0.726. The maximum absolute atomic E-state index is 12.6. The SMILES string of the molecule is CC1(NC(=O)OC(C)(C)C)CCN(c2cnc(Sc3cccc(NC(=O)CCCCCOc4ccc(C5CC5C(=O)O)cc4)c3)cn2)CC1. The molecule has 2 aromatic carbocycles. The van der Waals surface area contributed by atoms with Crippen LogP contribution < -0.4 is 20.3 Å². The van der Waals surface area contributed by atoms with Gasteiger partial charge in [0.05, 0.1) is 24.9 Å². The number of carbonyl (C=O) groups excluding carboxylic acids is 2. The number of aliphatic carboxylic acids is 1. The van der Waals surface area contributed by atoms with E-state index in [0.717, 1.165) is 77.9 Å². The van der Waals surface area contributed by atoms with Crippen molar-refractivity contribution in [2.75, 3.05) is 29.9 Å². The fraction of sp³-hybridized carbons (Fsp3) is 0.486. The second kappa shape index (κ2) is 15.9. The molecule has 12 heteroatoms.